The fourth-order valence-electron chi connectivity index (χ4n) is 1.27. The Labute approximate surface area is 76.6 Å². The van der Waals surface area contributed by atoms with Crippen molar-refractivity contribution in [1.82, 2.24) is 10.2 Å². The summed E-state index contributed by atoms with van der Waals surface area (Å²) in [4.78, 5) is 2.33. The van der Waals surface area contributed by atoms with Gasteiger partial charge in [-0.05, 0) is 34.5 Å². The third kappa shape index (κ3) is 3.37. The summed E-state index contributed by atoms with van der Waals surface area (Å²) in [5.74, 6) is 0. The Morgan fingerprint density at radius 2 is 2.08 bits per heavy atom. The Bertz CT molecular complexity index is 132. The van der Waals surface area contributed by atoms with Gasteiger partial charge in [-0.2, -0.15) is 0 Å². The smallest absolute Gasteiger partial charge is 0.0402 e. The van der Waals surface area contributed by atoms with E-state index < -0.39 is 0 Å². The third-order valence-electron chi connectivity index (χ3n) is 2.45. The zero-order valence-corrected chi connectivity index (χ0v) is 8.96. The molecule has 0 radical (unpaired) electrons. The maximum Gasteiger partial charge on any atom is 0.0402 e. The molecule has 2 heteroatoms. The summed E-state index contributed by atoms with van der Waals surface area (Å²) in [5, 5.41) is 3.29. The molecule has 0 fully saturated rings. The monoisotopic (exact) mass is 170 g/mol. The maximum absolute atomic E-state index is 3.29. The number of allylic oxidation sites excluding steroid dienone is 1. The van der Waals surface area contributed by atoms with Gasteiger partial charge in [-0.15, -0.1) is 0 Å². The lowest BCUT2D eigenvalue weighted by atomic mass is 10.1. The first kappa shape index (κ1) is 11.7. The molecule has 0 aliphatic rings. The van der Waals surface area contributed by atoms with Gasteiger partial charge in [0.05, 0.1) is 0 Å². The average Bonchev–Trinajstić information content (AvgIpc) is 2.11. The Kier molecular flexibility index (Phi) is 6.03. The molecule has 0 aromatic heterocycles. The Balaban J connectivity index is 4.10. The molecule has 0 aliphatic carbocycles. The molecule has 2 atom stereocenters. The van der Waals surface area contributed by atoms with E-state index in [4.69, 9.17) is 0 Å². The van der Waals surface area contributed by atoms with Crippen LogP contribution in [0.15, 0.2) is 12.2 Å². The highest BCUT2D eigenvalue weighted by Gasteiger charge is 2.14. The molecule has 0 aromatic rings. The van der Waals surface area contributed by atoms with Gasteiger partial charge in [0.15, 0.2) is 0 Å². The molecular weight excluding hydrogens is 148 g/mol. The number of hydrogen-bond donors (Lipinski definition) is 1. The van der Waals surface area contributed by atoms with Crippen LogP contribution in [0, 0.1) is 0 Å². The van der Waals surface area contributed by atoms with Crippen molar-refractivity contribution in [2.75, 3.05) is 20.6 Å². The molecule has 0 amide bonds. The number of nitrogens with one attached hydrogen (secondary N) is 1. The van der Waals surface area contributed by atoms with Crippen molar-refractivity contribution >= 4 is 0 Å². The first-order valence-electron chi connectivity index (χ1n) is 4.67. The standard InChI is InChI=1S/C10H22N2/c1-6-8-10(11-4)9(3)12(5)7-2/h6,8-11H,7H2,1-5H3/b8-6+/t9?,10-/m1/s1. The summed E-state index contributed by atoms with van der Waals surface area (Å²) in [6.45, 7) is 7.57. The van der Waals surface area contributed by atoms with E-state index in [1.54, 1.807) is 0 Å². The lowest BCUT2D eigenvalue weighted by Crippen LogP contribution is -2.44. The van der Waals surface area contributed by atoms with Crippen LogP contribution >= 0.6 is 0 Å². The Hall–Kier alpha value is -0.340. The summed E-state index contributed by atoms with van der Waals surface area (Å²) < 4.78 is 0. The van der Waals surface area contributed by atoms with E-state index in [0.717, 1.165) is 6.54 Å². The minimum atomic E-state index is 0.458. The van der Waals surface area contributed by atoms with Crippen LogP contribution < -0.4 is 5.32 Å². The van der Waals surface area contributed by atoms with Crippen molar-refractivity contribution < 1.29 is 0 Å². The minimum Gasteiger partial charge on any atom is -0.312 e. The lowest BCUT2D eigenvalue weighted by Gasteiger charge is -2.29. The van der Waals surface area contributed by atoms with Crippen LogP contribution in [0.25, 0.3) is 0 Å². The number of hydrogen-bond acceptors (Lipinski definition) is 2. The van der Waals surface area contributed by atoms with Gasteiger partial charge < -0.3 is 10.2 Å². The second kappa shape index (κ2) is 6.21. The summed E-state index contributed by atoms with van der Waals surface area (Å²) >= 11 is 0. The van der Waals surface area contributed by atoms with Gasteiger partial charge >= 0.3 is 0 Å². The second-order valence-electron chi connectivity index (χ2n) is 3.15. The highest BCUT2D eigenvalue weighted by molar-refractivity contribution is 4.96. The van der Waals surface area contributed by atoms with E-state index in [2.05, 4.69) is 50.2 Å². The highest BCUT2D eigenvalue weighted by atomic mass is 15.1. The van der Waals surface area contributed by atoms with Crippen molar-refractivity contribution in [3.63, 3.8) is 0 Å². The predicted molar refractivity (Wildman–Crippen MR) is 55.4 cm³/mol. The van der Waals surface area contributed by atoms with Crippen LogP contribution in [0.4, 0.5) is 0 Å². The van der Waals surface area contributed by atoms with Gasteiger partial charge in [-0.1, -0.05) is 19.1 Å². The van der Waals surface area contributed by atoms with Gasteiger partial charge in [-0.25, -0.2) is 0 Å². The molecule has 0 rings (SSSR count). The second-order valence-corrected chi connectivity index (χ2v) is 3.15. The van der Waals surface area contributed by atoms with Crippen molar-refractivity contribution in [1.29, 1.82) is 0 Å². The van der Waals surface area contributed by atoms with E-state index in [-0.39, 0.29) is 0 Å². The van der Waals surface area contributed by atoms with Gasteiger partial charge in [0.25, 0.3) is 0 Å². The summed E-state index contributed by atoms with van der Waals surface area (Å²) in [5.41, 5.74) is 0. The normalized spacial score (nSPS) is 17.2. The van der Waals surface area contributed by atoms with Crippen LogP contribution in [0.5, 0.6) is 0 Å². The Morgan fingerprint density at radius 3 is 2.42 bits per heavy atom. The SMILES string of the molecule is C/C=C/[C@@H](NC)C(C)N(C)CC. The van der Waals surface area contributed by atoms with Gasteiger partial charge in [0, 0.05) is 12.1 Å². The molecule has 0 saturated heterocycles. The molecule has 0 bridgehead atoms. The van der Waals surface area contributed by atoms with E-state index in [1.807, 2.05) is 7.05 Å². The molecule has 0 saturated carbocycles. The van der Waals surface area contributed by atoms with Crippen LogP contribution in [-0.2, 0) is 0 Å². The van der Waals surface area contributed by atoms with Gasteiger partial charge in [-0.3, -0.25) is 0 Å². The lowest BCUT2D eigenvalue weighted by molar-refractivity contribution is 0.241. The van der Waals surface area contributed by atoms with E-state index >= 15 is 0 Å². The van der Waals surface area contributed by atoms with Crippen LogP contribution in [0.1, 0.15) is 20.8 Å². The van der Waals surface area contributed by atoms with E-state index in [0.29, 0.717) is 12.1 Å². The predicted octanol–water partition coefficient (Wildman–Crippen LogP) is 1.49. The van der Waals surface area contributed by atoms with Crippen molar-refractivity contribution in [2.45, 2.75) is 32.9 Å². The molecule has 72 valence electrons. The highest BCUT2D eigenvalue weighted by Crippen LogP contribution is 2.02. The van der Waals surface area contributed by atoms with E-state index in [9.17, 15) is 0 Å². The molecule has 0 aromatic carbocycles. The molecule has 2 nitrogen and oxygen atoms in total. The minimum absolute atomic E-state index is 0.458. The molecule has 0 heterocycles. The van der Waals surface area contributed by atoms with Gasteiger partial charge in [0.2, 0.25) is 0 Å². The third-order valence-corrected chi connectivity index (χ3v) is 2.45. The summed E-state index contributed by atoms with van der Waals surface area (Å²) in [6.07, 6.45) is 4.30. The molecular formula is C10H22N2. The van der Waals surface area contributed by atoms with Crippen LogP contribution in [0.3, 0.4) is 0 Å². The molecule has 1 unspecified atom stereocenters. The zero-order valence-electron chi connectivity index (χ0n) is 8.96. The largest absolute Gasteiger partial charge is 0.312 e. The quantitative estimate of drug-likeness (QED) is 0.629. The van der Waals surface area contributed by atoms with Crippen LogP contribution in [0.2, 0.25) is 0 Å². The van der Waals surface area contributed by atoms with Crippen LogP contribution in [-0.4, -0.2) is 37.6 Å². The molecule has 1 N–H and O–H groups in total. The maximum atomic E-state index is 3.29. The number of nitrogens with zero attached hydrogens (tertiary/aromatic N) is 1. The molecule has 12 heavy (non-hydrogen) atoms. The van der Waals surface area contributed by atoms with E-state index in [1.165, 1.54) is 0 Å². The van der Waals surface area contributed by atoms with Gasteiger partial charge in [0.1, 0.15) is 0 Å². The number of likely N-dealkylation sites (N-methyl/N-ethyl adjacent to an activating group) is 2. The fourth-order valence-corrected chi connectivity index (χ4v) is 1.27. The zero-order chi connectivity index (χ0) is 9.56. The fraction of sp³-hybridized carbons (Fsp3) is 0.800. The average molecular weight is 170 g/mol. The summed E-state index contributed by atoms with van der Waals surface area (Å²) in [6, 6.07) is 1.01. The molecule has 0 spiro atoms. The first-order valence-corrected chi connectivity index (χ1v) is 4.67. The topological polar surface area (TPSA) is 15.3 Å². The van der Waals surface area contributed by atoms with Crippen molar-refractivity contribution in [3.8, 4) is 0 Å². The molecule has 0 aliphatic heterocycles. The first-order chi connectivity index (χ1) is 5.67. The van der Waals surface area contributed by atoms with Crippen molar-refractivity contribution in [3.05, 3.63) is 12.2 Å². The summed E-state index contributed by atoms with van der Waals surface area (Å²) in [7, 11) is 4.16. The Morgan fingerprint density at radius 1 is 1.50 bits per heavy atom. The number of rotatable bonds is 5. The van der Waals surface area contributed by atoms with Crippen molar-refractivity contribution in [2.24, 2.45) is 0 Å².